The van der Waals surface area contributed by atoms with E-state index in [1.165, 1.54) is 24.8 Å². The van der Waals surface area contributed by atoms with Crippen molar-refractivity contribution in [2.24, 2.45) is 5.41 Å². The van der Waals surface area contributed by atoms with Crippen molar-refractivity contribution in [1.82, 2.24) is 14.7 Å². The highest BCUT2D eigenvalue weighted by Crippen LogP contribution is 2.31. The minimum absolute atomic E-state index is 0.0256. The van der Waals surface area contributed by atoms with Crippen molar-refractivity contribution in [3.63, 3.8) is 0 Å². The second-order valence-corrected chi connectivity index (χ2v) is 10.6. The summed E-state index contributed by atoms with van der Waals surface area (Å²) in [4.78, 5) is 2.57. The third kappa shape index (κ3) is 4.35. The molecular weight excluding hydrogens is 310 g/mol. The van der Waals surface area contributed by atoms with E-state index in [1.807, 2.05) is 10.9 Å². The van der Waals surface area contributed by atoms with E-state index in [-0.39, 0.29) is 11.8 Å². The lowest BCUT2D eigenvalue weighted by molar-refractivity contribution is 0.185. The molecule has 0 aliphatic carbocycles. The van der Waals surface area contributed by atoms with Gasteiger partial charge in [0.2, 0.25) is 0 Å². The van der Waals surface area contributed by atoms with Gasteiger partial charge in [-0.15, -0.1) is 0 Å². The molecule has 2 fully saturated rings. The second-order valence-electron chi connectivity index (χ2n) is 8.42. The first kappa shape index (κ1) is 17.0. The average molecular weight is 340 g/mol. The Morgan fingerprint density at radius 3 is 2.74 bits per heavy atom. The first-order valence-electron chi connectivity index (χ1n) is 8.69. The van der Waals surface area contributed by atoms with Gasteiger partial charge in [-0.05, 0) is 37.6 Å². The quantitative estimate of drug-likeness (QED) is 0.846. The lowest BCUT2D eigenvalue weighted by Gasteiger charge is -2.30. The van der Waals surface area contributed by atoms with Gasteiger partial charge in [-0.25, -0.2) is 8.42 Å². The van der Waals surface area contributed by atoms with Crippen LogP contribution in [0.2, 0.25) is 0 Å². The largest absolute Gasteiger partial charge is 0.296 e. The van der Waals surface area contributed by atoms with E-state index in [0.29, 0.717) is 23.6 Å². The van der Waals surface area contributed by atoms with E-state index in [4.69, 9.17) is 0 Å². The van der Waals surface area contributed by atoms with Gasteiger partial charge in [-0.3, -0.25) is 9.58 Å². The highest BCUT2D eigenvalue weighted by Gasteiger charge is 2.31. The van der Waals surface area contributed by atoms with Gasteiger partial charge in [0.05, 0.1) is 23.7 Å². The summed E-state index contributed by atoms with van der Waals surface area (Å²) in [6, 6.07) is 0.683. The fraction of sp³-hybridized carbons (Fsp3) is 0.824. The molecule has 1 aromatic rings. The van der Waals surface area contributed by atoms with Crippen molar-refractivity contribution in [3.8, 4) is 0 Å². The van der Waals surface area contributed by atoms with Crippen LogP contribution < -0.4 is 0 Å². The molecule has 2 aliphatic heterocycles. The Morgan fingerprint density at radius 1 is 1.30 bits per heavy atom. The lowest BCUT2D eigenvalue weighted by Crippen LogP contribution is -2.32. The molecule has 6 heteroatoms. The fourth-order valence-corrected chi connectivity index (χ4v) is 5.62. The van der Waals surface area contributed by atoms with Crippen LogP contribution >= 0.6 is 0 Å². The van der Waals surface area contributed by atoms with Crippen molar-refractivity contribution in [2.75, 3.05) is 18.1 Å². The Hall–Kier alpha value is -0.880. The van der Waals surface area contributed by atoms with Crippen molar-refractivity contribution < 1.29 is 8.42 Å². The van der Waals surface area contributed by atoms with Crippen molar-refractivity contribution in [2.45, 2.75) is 65.1 Å². The highest BCUT2D eigenvalue weighted by atomic mass is 32.2. The Bertz CT molecular complexity index is 645. The molecule has 3 rings (SSSR count). The molecule has 1 aromatic heterocycles. The number of likely N-dealkylation sites (tertiary alicyclic amines) is 1. The first-order valence-corrected chi connectivity index (χ1v) is 10.5. The van der Waals surface area contributed by atoms with Gasteiger partial charge in [0.1, 0.15) is 0 Å². The number of sulfone groups is 1. The van der Waals surface area contributed by atoms with Crippen LogP contribution in [0.25, 0.3) is 0 Å². The Kier molecular flexibility index (Phi) is 4.58. The standard InChI is InChI=1S/C17H29N3O2S/c1-17(2,3)9-15-5-4-7-19(15)11-14-10-18-20(12-14)16-6-8-23(21,22)13-16/h10,12,15-16H,4-9,11,13H2,1-3H3/t15-,16+/m1/s1. The third-order valence-electron chi connectivity index (χ3n) is 4.97. The number of aromatic nitrogens is 2. The van der Waals surface area contributed by atoms with Crippen LogP contribution in [0.3, 0.4) is 0 Å². The summed E-state index contributed by atoms with van der Waals surface area (Å²) in [6.45, 7) is 9.01. The molecule has 0 radical (unpaired) electrons. The van der Waals surface area contributed by atoms with E-state index in [2.05, 4.69) is 37.0 Å². The van der Waals surface area contributed by atoms with Crippen LogP contribution in [-0.2, 0) is 16.4 Å². The summed E-state index contributed by atoms with van der Waals surface area (Å²) in [5.74, 6) is 0.539. The van der Waals surface area contributed by atoms with Gasteiger partial charge < -0.3 is 0 Å². The molecular formula is C17H29N3O2S. The van der Waals surface area contributed by atoms with E-state index >= 15 is 0 Å². The molecule has 2 atom stereocenters. The SMILES string of the molecule is CC(C)(C)C[C@H]1CCCN1Cc1cnn([C@H]2CCS(=O)(=O)C2)c1. The van der Waals surface area contributed by atoms with E-state index < -0.39 is 9.84 Å². The van der Waals surface area contributed by atoms with Crippen molar-refractivity contribution in [3.05, 3.63) is 18.0 Å². The van der Waals surface area contributed by atoms with Crippen LogP contribution in [0.15, 0.2) is 12.4 Å². The summed E-state index contributed by atoms with van der Waals surface area (Å²) >= 11 is 0. The summed E-state index contributed by atoms with van der Waals surface area (Å²) in [6.07, 6.45) is 8.44. The van der Waals surface area contributed by atoms with Gasteiger partial charge in [0.25, 0.3) is 0 Å². The maximum Gasteiger partial charge on any atom is 0.152 e. The monoisotopic (exact) mass is 339 g/mol. The predicted molar refractivity (Wildman–Crippen MR) is 92.0 cm³/mol. The van der Waals surface area contributed by atoms with Crippen LogP contribution in [0.4, 0.5) is 0 Å². The summed E-state index contributed by atoms with van der Waals surface area (Å²) in [5, 5.41) is 4.43. The minimum atomic E-state index is -2.86. The highest BCUT2D eigenvalue weighted by molar-refractivity contribution is 7.91. The van der Waals surface area contributed by atoms with Gasteiger partial charge in [-0.1, -0.05) is 20.8 Å². The van der Waals surface area contributed by atoms with Crippen LogP contribution in [0.5, 0.6) is 0 Å². The summed E-state index contributed by atoms with van der Waals surface area (Å²) in [7, 11) is -2.86. The van der Waals surface area contributed by atoms with Crippen LogP contribution in [0.1, 0.15) is 58.1 Å². The number of nitrogens with zero attached hydrogens (tertiary/aromatic N) is 3. The van der Waals surface area contributed by atoms with Gasteiger partial charge in [0.15, 0.2) is 9.84 Å². The molecule has 0 saturated carbocycles. The zero-order valence-electron chi connectivity index (χ0n) is 14.5. The molecule has 2 aliphatic rings. The third-order valence-corrected chi connectivity index (χ3v) is 6.72. The number of hydrogen-bond acceptors (Lipinski definition) is 4. The van der Waals surface area contributed by atoms with Gasteiger partial charge in [-0.2, -0.15) is 5.10 Å². The Labute approximate surface area is 140 Å². The van der Waals surface area contributed by atoms with Crippen molar-refractivity contribution in [1.29, 1.82) is 0 Å². The maximum atomic E-state index is 11.6. The Balaban J connectivity index is 1.63. The molecule has 0 bridgehead atoms. The lowest BCUT2D eigenvalue weighted by atomic mass is 9.87. The minimum Gasteiger partial charge on any atom is -0.296 e. The van der Waals surface area contributed by atoms with Crippen LogP contribution in [-0.4, -0.2) is 47.2 Å². The molecule has 23 heavy (non-hydrogen) atoms. The molecule has 0 amide bonds. The molecule has 5 nitrogen and oxygen atoms in total. The van der Waals surface area contributed by atoms with Gasteiger partial charge in [0, 0.05) is 24.3 Å². The topological polar surface area (TPSA) is 55.2 Å². The summed E-state index contributed by atoms with van der Waals surface area (Å²) < 4.78 is 25.1. The van der Waals surface area contributed by atoms with Gasteiger partial charge >= 0.3 is 0 Å². The molecule has 0 unspecified atom stereocenters. The van der Waals surface area contributed by atoms with E-state index in [0.717, 1.165) is 13.1 Å². The van der Waals surface area contributed by atoms with E-state index in [1.54, 1.807) is 0 Å². The zero-order valence-corrected chi connectivity index (χ0v) is 15.3. The van der Waals surface area contributed by atoms with Crippen molar-refractivity contribution >= 4 is 9.84 Å². The molecule has 3 heterocycles. The fourth-order valence-electron chi connectivity index (χ4n) is 3.92. The smallest absolute Gasteiger partial charge is 0.152 e. The first-order chi connectivity index (χ1) is 10.7. The average Bonchev–Trinajstić information content (AvgIpc) is 3.10. The maximum absolute atomic E-state index is 11.6. The predicted octanol–water partition coefficient (Wildman–Crippen LogP) is 2.64. The molecule has 2 saturated heterocycles. The van der Waals surface area contributed by atoms with E-state index in [9.17, 15) is 8.42 Å². The molecule has 130 valence electrons. The number of rotatable bonds is 4. The number of hydrogen-bond donors (Lipinski definition) is 0. The molecule has 0 spiro atoms. The normalized spacial score (nSPS) is 28.5. The second kappa shape index (κ2) is 6.20. The summed E-state index contributed by atoms with van der Waals surface area (Å²) in [5.41, 5.74) is 1.56. The Morgan fingerprint density at radius 2 is 2.09 bits per heavy atom. The zero-order chi connectivity index (χ0) is 16.7. The molecule has 0 aromatic carbocycles. The molecule has 0 N–H and O–H groups in total. The van der Waals surface area contributed by atoms with Crippen LogP contribution in [0, 0.1) is 5.41 Å².